The minimum absolute atomic E-state index is 0.0613. The third-order valence-corrected chi connectivity index (χ3v) is 4.60. The normalized spacial score (nSPS) is 14.3. The van der Waals surface area contributed by atoms with Gasteiger partial charge in [-0.15, -0.1) is 10.2 Å². The Morgan fingerprint density at radius 1 is 1.42 bits per heavy atom. The molecule has 0 amide bonds. The van der Waals surface area contributed by atoms with Gasteiger partial charge in [0.2, 0.25) is 0 Å². The highest BCUT2D eigenvalue weighted by Crippen LogP contribution is 2.36. The third kappa shape index (κ3) is 3.13. The topological polar surface area (TPSA) is 69.6 Å². The van der Waals surface area contributed by atoms with Crippen molar-refractivity contribution in [1.29, 1.82) is 0 Å². The predicted molar refractivity (Wildman–Crippen MR) is 76.8 cm³/mol. The molecule has 2 heterocycles. The smallest absolute Gasteiger partial charge is 0.191 e. The first-order valence-electron chi connectivity index (χ1n) is 6.31. The Kier molecular flexibility index (Phi) is 4.55. The van der Waals surface area contributed by atoms with Crippen LogP contribution in [0.1, 0.15) is 30.0 Å². The molecule has 2 atom stereocenters. The monoisotopic (exact) mass is 277 g/mol. The molecule has 2 unspecified atom stereocenters. The summed E-state index contributed by atoms with van der Waals surface area (Å²) in [5, 5.41) is 9.31. The SMILES string of the molecule is CCC(N)C(Sc1nnc(C)n1C)c1cccnc1. The van der Waals surface area contributed by atoms with Crippen molar-refractivity contribution in [2.75, 3.05) is 0 Å². The number of aromatic nitrogens is 4. The number of thioether (sulfide) groups is 1. The van der Waals surface area contributed by atoms with Crippen molar-refractivity contribution in [3.63, 3.8) is 0 Å². The van der Waals surface area contributed by atoms with Crippen LogP contribution in [0, 0.1) is 6.92 Å². The van der Waals surface area contributed by atoms with E-state index in [4.69, 9.17) is 5.73 Å². The molecule has 2 aromatic heterocycles. The van der Waals surface area contributed by atoms with E-state index >= 15 is 0 Å². The standard InChI is InChI=1S/C13H19N5S/c1-4-11(14)12(10-6-5-7-15-8-10)19-13-17-16-9(2)18(13)3/h5-8,11-12H,4,14H2,1-3H3. The zero-order valence-electron chi connectivity index (χ0n) is 11.4. The molecule has 102 valence electrons. The van der Waals surface area contributed by atoms with Gasteiger partial charge in [-0.3, -0.25) is 4.98 Å². The second-order valence-electron chi connectivity index (χ2n) is 4.49. The van der Waals surface area contributed by atoms with Gasteiger partial charge in [0.25, 0.3) is 0 Å². The average molecular weight is 277 g/mol. The molecule has 0 bridgehead atoms. The first-order valence-corrected chi connectivity index (χ1v) is 7.19. The molecular formula is C13H19N5S. The van der Waals surface area contributed by atoms with Gasteiger partial charge in [0.05, 0.1) is 5.25 Å². The highest BCUT2D eigenvalue weighted by molar-refractivity contribution is 7.99. The summed E-state index contributed by atoms with van der Waals surface area (Å²) in [6, 6.07) is 4.06. The van der Waals surface area contributed by atoms with Crippen molar-refractivity contribution in [2.45, 2.75) is 36.7 Å². The minimum Gasteiger partial charge on any atom is -0.326 e. The molecule has 0 aliphatic carbocycles. The summed E-state index contributed by atoms with van der Waals surface area (Å²) in [6.45, 7) is 4.03. The molecule has 2 rings (SSSR count). The zero-order valence-corrected chi connectivity index (χ0v) is 12.3. The summed E-state index contributed by atoms with van der Waals surface area (Å²) in [6.07, 6.45) is 4.55. The second kappa shape index (κ2) is 6.16. The first-order chi connectivity index (χ1) is 9.13. The van der Waals surface area contributed by atoms with Gasteiger partial charge in [0.1, 0.15) is 5.82 Å². The molecule has 2 aromatic rings. The van der Waals surface area contributed by atoms with E-state index < -0.39 is 0 Å². The molecule has 6 heteroatoms. The van der Waals surface area contributed by atoms with E-state index in [1.165, 1.54) is 0 Å². The van der Waals surface area contributed by atoms with Crippen LogP contribution < -0.4 is 5.73 Å². The molecule has 19 heavy (non-hydrogen) atoms. The van der Waals surface area contributed by atoms with Gasteiger partial charge >= 0.3 is 0 Å². The largest absolute Gasteiger partial charge is 0.326 e. The summed E-state index contributed by atoms with van der Waals surface area (Å²) < 4.78 is 1.98. The van der Waals surface area contributed by atoms with Gasteiger partial charge in [0, 0.05) is 25.5 Å². The first kappa shape index (κ1) is 14.0. The van der Waals surface area contributed by atoms with Crippen molar-refractivity contribution in [3.05, 3.63) is 35.9 Å². The van der Waals surface area contributed by atoms with Gasteiger partial charge < -0.3 is 10.3 Å². The van der Waals surface area contributed by atoms with E-state index in [9.17, 15) is 0 Å². The van der Waals surface area contributed by atoms with Crippen LogP contribution >= 0.6 is 11.8 Å². The van der Waals surface area contributed by atoms with Crippen LogP contribution in [0.2, 0.25) is 0 Å². The summed E-state index contributed by atoms with van der Waals surface area (Å²) in [5.74, 6) is 0.900. The van der Waals surface area contributed by atoms with Crippen LogP contribution in [-0.2, 0) is 7.05 Å². The molecule has 0 aromatic carbocycles. The number of aryl methyl sites for hydroxylation is 1. The molecule has 2 N–H and O–H groups in total. The van der Waals surface area contributed by atoms with Crippen molar-refractivity contribution in [1.82, 2.24) is 19.7 Å². The van der Waals surface area contributed by atoms with Gasteiger partial charge in [-0.2, -0.15) is 0 Å². The Bertz CT molecular complexity index is 525. The van der Waals surface area contributed by atoms with Crippen molar-refractivity contribution < 1.29 is 0 Å². The highest BCUT2D eigenvalue weighted by Gasteiger charge is 2.22. The molecule has 0 aliphatic rings. The zero-order chi connectivity index (χ0) is 13.8. The lowest BCUT2D eigenvalue weighted by Crippen LogP contribution is -2.26. The number of rotatable bonds is 5. The van der Waals surface area contributed by atoms with Gasteiger partial charge in [0.15, 0.2) is 5.16 Å². The summed E-state index contributed by atoms with van der Waals surface area (Å²) in [5.41, 5.74) is 7.38. The molecule has 0 saturated heterocycles. The van der Waals surface area contributed by atoms with Gasteiger partial charge in [-0.1, -0.05) is 24.8 Å². The molecule has 0 aliphatic heterocycles. The maximum Gasteiger partial charge on any atom is 0.191 e. The average Bonchev–Trinajstić information content (AvgIpc) is 2.76. The van der Waals surface area contributed by atoms with Crippen molar-refractivity contribution in [3.8, 4) is 0 Å². The second-order valence-corrected chi connectivity index (χ2v) is 5.59. The van der Waals surface area contributed by atoms with Crippen LogP contribution in [0.4, 0.5) is 0 Å². The van der Waals surface area contributed by atoms with Gasteiger partial charge in [-0.25, -0.2) is 0 Å². The van der Waals surface area contributed by atoms with E-state index in [1.54, 1.807) is 18.0 Å². The minimum atomic E-state index is 0.0613. The number of pyridine rings is 1. The molecular weight excluding hydrogens is 258 g/mol. The van der Waals surface area contributed by atoms with E-state index in [0.717, 1.165) is 23.0 Å². The highest BCUT2D eigenvalue weighted by atomic mass is 32.2. The van der Waals surface area contributed by atoms with Crippen LogP contribution in [0.3, 0.4) is 0 Å². The molecule has 5 nitrogen and oxygen atoms in total. The number of hydrogen-bond donors (Lipinski definition) is 1. The Labute approximate surface area is 117 Å². The fraction of sp³-hybridized carbons (Fsp3) is 0.462. The van der Waals surface area contributed by atoms with E-state index in [-0.39, 0.29) is 11.3 Å². The molecule has 0 spiro atoms. The van der Waals surface area contributed by atoms with E-state index in [0.29, 0.717) is 0 Å². The maximum atomic E-state index is 6.25. The fourth-order valence-electron chi connectivity index (χ4n) is 1.76. The number of nitrogens with zero attached hydrogens (tertiary/aromatic N) is 4. The Balaban J connectivity index is 2.27. The maximum absolute atomic E-state index is 6.25. The van der Waals surface area contributed by atoms with Crippen LogP contribution in [0.25, 0.3) is 0 Å². The van der Waals surface area contributed by atoms with E-state index in [2.05, 4.69) is 28.2 Å². The quantitative estimate of drug-likeness (QED) is 0.847. The Morgan fingerprint density at radius 2 is 2.21 bits per heavy atom. The lowest BCUT2D eigenvalue weighted by molar-refractivity contribution is 0.628. The fourth-order valence-corrected chi connectivity index (χ4v) is 3.01. The summed E-state index contributed by atoms with van der Waals surface area (Å²) in [4.78, 5) is 4.18. The molecule has 0 fully saturated rings. The lowest BCUT2D eigenvalue weighted by Gasteiger charge is -2.21. The summed E-state index contributed by atoms with van der Waals surface area (Å²) >= 11 is 1.65. The van der Waals surface area contributed by atoms with E-state index in [1.807, 2.05) is 30.8 Å². The van der Waals surface area contributed by atoms with Crippen LogP contribution in [-0.4, -0.2) is 25.8 Å². The third-order valence-electron chi connectivity index (χ3n) is 3.16. The van der Waals surface area contributed by atoms with Crippen LogP contribution in [0.5, 0.6) is 0 Å². The number of nitrogens with two attached hydrogens (primary N) is 1. The van der Waals surface area contributed by atoms with Crippen molar-refractivity contribution in [2.24, 2.45) is 12.8 Å². The molecule has 0 saturated carbocycles. The summed E-state index contributed by atoms with van der Waals surface area (Å²) in [7, 11) is 1.97. The predicted octanol–water partition coefficient (Wildman–Crippen LogP) is 2.09. The number of hydrogen-bond acceptors (Lipinski definition) is 5. The van der Waals surface area contributed by atoms with Crippen LogP contribution in [0.15, 0.2) is 29.7 Å². The lowest BCUT2D eigenvalue weighted by atomic mass is 10.1. The Morgan fingerprint density at radius 3 is 2.74 bits per heavy atom. The molecule has 0 radical (unpaired) electrons. The van der Waals surface area contributed by atoms with Crippen molar-refractivity contribution >= 4 is 11.8 Å². The van der Waals surface area contributed by atoms with Gasteiger partial charge in [-0.05, 0) is 25.0 Å². The Hall–Kier alpha value is -1.40.